The lowest BCUT2D eigenvalue weighted by atomic mass is 10.1. The van der Waals surface area contributed by atoms with Gasteiger partial charge in [-0.3, -0.25) is 5.43 Å². The Labute approximate surface area is 134 Å². The lowest BCUT2D eigenvalue weighted by Crippen LogP contribution is -2.24. The van der Waals surface area contributed by atoms with Gasteiger partial charge in [-0.05, 0) is 42.4 Å². The van der Waals surface area contributed by atoms with Crippen LogP contribution in [0, 0.1) is 5.82 Å². The van der Waals surface area contributed by atoms with E-state index >= 15 is 0 Å². The lowest BCUT2D eigenvalue weighted by molar-refractivity contribution is 0.632. The minimum atomic E-state index is -0.365. The number of nitrogens with one attached hydrogen (secondary N) is 2. The van der Waals surface area contributed by atoms with Gasteiger partial charge in [0.05, 0.1) is 11.9 Å². The summed E-state index contributed by atoms with van der Waals surface area (Å²) in [4.78, 5) is 0. The van der Waals surface area contributed by atoms with Crippen molar-refractivity contribution < 1.29 is 4.39 Å². The molecule has 2 aromatic rings. The summed E-state index contributed by atoms with van der Waals surface area (Å²) in [5.74, 6) is -0.365. The number of allylic oxidation sites excluding steroid dienone is 1. The summed E-state index contributed by atoms with van der Waals surface area (Å²) in [5.41, 5.74) is 5.03. The molecule has 0 aliphatic rings. The molecule has 0 fully saturated rings. The molecule has 2 rings (SSSR count). The van der Waals surface area contributed by atoms with E-state index in [9.17, 15) is 4.39 Å². The molecule has 0 saturated carbocycles. The van der Waals surface area contributed by atoms with Crippen molar-refractivity contribution >= 4 is 35.3 Å². The fourth-order valence-electron chi connectivity index (χ4n) is 1.75. The van der Waals surface area contributed by atoms with Crippen LogP contribution in [-0.4, -0.2) is 11.3 Å². The quantitative estimate of drug-likeness (QED) is 0.504. The topological polar surface area (TPSA) is 36.4 Å². The van der Waals surface area contributed by atoms with Gasteiger partial charge in [0.2, 0.25) is 0 Å². The van der Waals surface area contributed by atoms with Crippen LogP contribution >= 0.6 is 12.2 Å². The molecule has 0 amide bonds. The Hall–Kier alpha value is -2.53. The summed E-state index contributed by atoms with van der Waals surface area (Å²) in [6.07, 6.45) is 3.65. The molecular formula is C17H16FN3S. The van der Waals surface area contributed by atoms with Crippen LogP contribution in [-0.2, 0) is 0 Å². The first kappa shape index (κ1) is 15.9. The Morgan fingerprint density at radius 3 is 2.50 bits per heavy atom. The third-order valence-electron chi connectivity index (χ3n) is 2.75. The first-order valence-corrected chi connectivity index (χ1v) is 7.14. The van der Waals surface area contributed by atoms with Crippen LogP contribution in [0.2, 0.25) is 0 Å². The van der Waals surface area contributed by atoms with Gasteiger partial charge in [0.15, 0.2) is 5.11 Å². The fourth-order valence-corrected chi connectivity index (χ4v) is 1.92. The maximum atomic E-state index is 13.4. The highest BCUT2D eigenvalue weighted by molar-refractivity contribution is 7.80. The van der Waals surface area contributed by atoms with E-state index in [4.69, 9.17) is 12.2 Å². The van der Waals surface area contributed by atoms with Crippen molar-refractivity contribution in [3.05, 3.63) is 71.6 Å². The monoisotopic (exact) mass is 313 g/mol. The molecule has 22 heavy (non-hydrogen) atoms. The van der Waals surface area contributed by atoms with Crippen LogP contribution in [0.3, 0.4) is 0 Å². The maximum absolute atomic E-state index is 13.4. The van der Waals surface area contributed by atoms with Gasteiger partial charge < -0.3 is 5.32 Å². The predicted octanol–water partition coefficient (Wildman–Crippen LogP) is 4.20. The third kappa shape index (κ3) is 5.10. The Morgan fingerprint density at radius 1 is 1.09 bits per heavy atom. The molecule has 0 spiro atoms. The standard InChI is InChI=1S/C17H16FN3S/c1-13(11-14-7-3-2-4-8-14)12-19-21-17(22)20-16-10-6-5-9-15(16)18/h2-12H,1H3,(H2,20,21,22)/b13-11-,19-12-. The van der Waals surface area contributed by atoms with E-state index in [2.05, 4.69) is 15.8 Å². The van der Waals surface area contributed by atoms with Crippen LogP contribution < -0.4 is 10.7 Å². The lowest BCUT2D eigenvalue weighted by Gasteiger charge is -2.07. The Bertz CT molecular complexity index is 696. The van der Waals surface area contributed by atoms with Crippen LogP contribution in [0.1, 0.15) is 12.5 Å². The van der Waals surface area contributed by atoms with Crippen molar-refractivity contribution in [1.29, 1.82) is 0 Å². The van der Waals surface area contributed by atoms with E-state index < -0.39 is 0 Å². The highest BCUT2D eigenvalue weighted by atomic mass is 32.1. The van der Waals surface area contributed by atoms with Gasteiger partial charge in [-0.1, -0.05) is 48.5 Å². The molecule has 3 nitrogen and oxygen atoms in total. The number of rotatable bonds is 4. The highest BCUT2D eigenvalue weighted by Gasteiger charge is 2.01. The molecule has 0 heterocycles. The minimum Gasteiger partial charge on any atom is -0.329 e. The van der Waals surface area contributed by atoms with Crippen molar-refractivity contribution in [3.63, 3.8) is 0 Å². The SMILES string of the molecule is CC(/C=N\NC(=S)Nc1ccccc1F)=C/c1ccccc1. The molecule has 112 valence electrons. The van der Waals surface area contributed by atoms with Crippen LogP contribution in [0.5, 0.6) is 0 Å². The molecular weight excluding hydrogens is 297 g/mol. The van der Waals surface area contributed by atoms with Gasteiger partial charge in [-0.15, -0.1) is 0 Å². The van der Waals surface area contributed by atoms with E-state index in [1.54, 1.807) is 24.4 Å². The highest BCUT2D eigenvalue weighted by Crippen LogP contribution is 2.11. The number of hydrazone groups is 1. The predicted molar refractivity (Wildman–Crippen MR) is 94.3 cm³/mol. The van der Waals surface area contributed by atoms with E-state index in [0.717, 1.165) is 11.1 Å². The number of hydrogen-bond acceptors (Lipinski definition) is 2. The van der Waals surface area contributed by atoms with Crippen LogP contribution in [0.15, 0.2) is 65.3 Å². The number of nitrogens with zero attached hydrogens (tertiary/aromatic N) is 1. The van der Waals surface area contributed by atoms with E-state index in [0.29, 0.717) is 5.69 Å². The molecule has 0 aromatic heterocycles. The number of halogens is 1. The van der Waals surface area contributed by atoms with Gasteiger partial charge in [0.1, 0.15) is 5.82 Å². The van der Waals surface area contributed by atoms with Gasteiger partial charge in [0.25, 0.3) is 0 Å². The van der Waals surface area contributed by atoms with Crippen molar-refractivity contribution in [2.45, 2.75) is 6.92 Å². The number of para-hydroxylation sites is 1. The molecule has 2 aromatic carbocycles. The summed E-state index contributed by atoms with van der Waals surface area (Å²) in [7, 11) is 0. The van der Waals surface area contributed by atoms with Gasteiger partial charge in [-0.25, -0.2) is 4.39 Å². The van der Waals surface area contributed by atoms with Gasteiger partial charge >= 0.3 is 0 Å². The van der Waals surface area contributed by atoms with Crippen molar-refractivity contribution in [2.24, 2.45) is 5.10 Å². The maximum Gasteiger partial charge on any atom is 0.191 e. The molecule has 0 unspecified atom stereocenters. The molecule has 0 atom stereocenters. The molecule has 2 N–H and O–H groups in total. The zero-order valence-electron chi connectivity index (χ0n) is 12.1. The second-order valence-electron chi connectivity index (χ2n) is 4.60. The van der Waals surface area contributed by atoms with E-state index in [1.165, 1.54) is 6.07 Å². The summed E-state index contributed by atoms with van der Waals surface area (Å²) >= 11 is 5.06. The van der Waals surface area contributed by atoms with Gasteiger partial charge in [-0.2, -0.15) is 5.10 Å². The smallest absolute Gasteiger partial charge is 0.191 e. The van der Waals surface area contributed by atoms with Crippen molar-refractivity contribution in [1.82, 2.24) is 5.43 Å². The molecule has 5 heteroatoms. The van der Waals surface area contributed by atoms with E-state index in [1.807, 2.05) is 43.3 Å². The summed E-state index contributed by atoms with van der Waals surface area (Å²) < 4.78 is 13.4. The first-order chi connectivity index (χ1) is 10.6. The second-order valence-corrected chi connectivity index (χ2v) is 5.01. The summed E-state index contributed by atoms with van der Waals surface area (Å²) in [6.45, 7) is 1.94. The number of hydrogen-bond donors (Lipinski definition) is 2. The average Bonchev–Trinajstić information content (AvgIpc) is 2.50. The number of benzene rings is 2. The van der Waals surface area contributed by atoms with Crippen LogP contribution in [0.25, 0.3) is 6.08 Å². The van der Waals surface area contributed by atoms with Crippen molar-refractivity contribution in [3.8, 4) is 0 Å². The molecule has 0 bridgehead atoms. The Morgan fingerprint density at radius 2 is 1.77 bits per heavy atom. The summed E-state index contributed by atoms with van der Waals surface area (Å²) in [6, 6.07) is 16.2. The molecule has 0 aliphatic carbocycles. The zero-order chi connectivity index (χ0) is 15.8. The zero-order valence-corrected chi connectivity index (χ0v) is 12.9. The molecule has 0 saturated heterocycles. The fraction of sp³-hybridized carbons (Fsp3) is 0.0588. The van der Waals surface area contributed by atoms with Gasteiger partial charge in [0, 0.05) is 0 Å². The second kappa shape index (κ2) is 8.05. The molecule has 0 radical (unpaired) electrons. The number of anilines is 1. The minimum absolute atomic E-state index is 0.230. The largest absolute Gasteiger partial charge is 0.329 e. The van der Waals surface area contributed by atoms with E-state index in [-0.39, 0.29) is 10.9 Å². The number of thiocarbonyl (C=S) groups is 1. The average molecular weight is 313 g/mol. The van der Waals surface area contributed by atoms with Crippen LogP contribution in [0.4, 0.5) is 10.1 Å². The first-order valence-electron chi connectivity index (χ1n) is 6.73. The molecule has 0 aliphatic heterocycles. The Kier molecular flexibility index (Phi) is 5.80. The third-order valence-corrected chi connectivity index (χ3v) is 2.94. The Balaban J connectivity index is 1.88. The van der Waals surface area contributed by atoms with Crippen molar-refractivity contribution in [2.75, 3.05) is 5.32 Å². The normalized spacial score (nSPS) is 11.5. The summed E-state index contributed by atoms with van der Waals surface area (Å²) in [5, 5.41) is 7.00.